The van der Waals surface area contributed by atoms with Crippen molar-refractivity contribution in [1.29, 1.82) is 0 Å². The van der Waals surface area contributed by atoms with Crippen molar-refractivity contribution in [2.45, 2.75) is 0 Å². The van der Waals surface area contributed by atoms with Gasteiger partial charge in [-0.1, -0.05) is 58.9 Å². The highest BCUT2D eigenvalue weighted by molar-refractivity contribution is 9.10. The van der Waals surface area contributed by atoms with E-state index >= 15 is 0 Å². The molecule has 3 rings (SSSR count). The van der Waals surface area contributed by atoms with Crippen LogP contribution >= 0.6 is 15.9 Å². The van der Waals surface area contributed by atoms with Gasteiger partial charge in [-0.3, -0.25) is 9.59 Å². The summed E-state index contributed by atoms with van der Waals surface area (Å²) in [5, 5.41) is 0. The molecule has 3 heteroatoms. The molecule has 0 atom stereocenters. The van der Waals surface area contributed by atoms with Crippen molar-refractivity contribution >= 4 is 33.6 Å². The van der Waals surface area contributed by atoms with Gasteiger partial charge in [-0.2, -0.15) is 0 Å². The predicted octanol–water partition coefficient (Wildman–Crippen LogP) is 3.87. The molecule has 0 unspecified atom stereocenters. The standard InChI is InChI=1S/C16H9BrO2/c1-2-9-5-3-6-10-13(9)15(18)11-7-4-8-12(17)14(11)16(10)19/h2-8H,1H2. The van der Waals surface area contributed by atoms with Crippen LogP contribution in [0.25, 0.3) is 6.08 Å². The van der Waals surface area contributed by atoms with Crippen LogP contribution in [0.15, 0.2) is 47.4 Å². The molecule has 1 aliphatic carbocycles. The predicted molar refractivity (Wildman–Crippen MR) is 77.5 cm³/mol. The first-order valence-corrected chi connectivity index (χ1v) is 6.58. The fraction of sp³-hybridized carbons (Fsp3) is 0. The smallest absolute Gasteiger partial charge is 0.195 e. The highest BCUT2D eigenvalue weighted by Crippen LogP contribution is 2.33. The van der Waals surface area contributed by atoms with Crippen molar-refractivity contribution in [3.05, 3.63) is 75.3 Å². The zero-order valence-corrected chi connectivity index (χ0v) is 11.5. The number of ketones is 2. The minimum atomic E-state index is -0.124. The van der Waals surface area contributed by atoms with E-state index in [0.29, 0.717) is 32.3 Å². The number of hydrogen-bond donors (Lipinski definition) is 0. The summed E-state index contributed by atoms with van der Waals surface area (Å²) in [7, 11) is 0. The average molecular weight is 313 g/mol. The third-order valence-corrected chi connectivity index (χ3v) is 3.93. The molecule has 2 nitrogen and oxygen atoms in total. The Hall–Kier alpha value is -2.00. The van der Waals surface area contributed by atoms with E-state index in [1.165, 1.54) is 0 Å². The SMILES string of the molecule is C=Cc1cccc2c1C(=O)c1cccc(Br)c1C2=O. The van der Waals surface area contributed by atoms with Gasteiger partial charge in [-0.25, -0.2) is 0 Å². The van der Waals surface area contributed by atoms with Crippen LogP contribution in [0.5, 0.6) is 0 Å². The molecule has 1 aliphatic rings. The highest BCUT2D eigenvalue weighted by Gasteiger charge is 2.32. The Kier molecular flexibility index (Phi) is 2.72. The summed E-state index contributed by atoms with van der Waals surface area (Å²) in [6, 6.07) is 10.5. The first-order chi connectivity index (χ1) is 9.15. The molecule has 0 aliphatic heterocycles. The molecule has 92 valence electrons. The molecule has 19 heavy (non-hydrogen) atoms. The zero-order chi connectivity index (χ0) is 13.6. The van der Waals surface area contributed by atoms with Crippen LogP contribution < -0.4 is 0 Å². The van der Waals surface area contributed by atoms with Gasteiger partial charge in [-0.05, 0) is 11.6 Å². The Balaban J connectivity index is 2.39. The van der Waals surface area contributed by atoms with Gasteiger partial charge in [0.1, 0.15) is 0 Å². The van der Waals surface area contributed by atoms with Crippen molar-refractivity contribution in [1.82, 2.24) is 0 Å². The molecular formula is C16H9BrO2. The molecule has 2 aromatic rings. The maximum absolute atomic E-state index is 12.6. The maximum atomic E-state index is 12.6. The number of halogens is 1. The van der Waals surface area contributed by atoms with Crippen LogP contribution in [0.3, 0.4) is 0 Å². The Morgan fingerprint density at radius 2 is 1.47 bits per heavy atom. The Bertz CT molecular complexity index is 744. The van der Waals surface area contributed by atoms with Crippen LogP contribution in [0.1, 0.15) is 37.4 Å². The van der Waals surface area contributed by atoms with Gasteiger partial charge >= 0.3 is 0 Å². The second kappa shape index (κ2) is 4.28. The monoisotopic (exact) mass is 312 g/mol. The number of rotatable bonds is 1. The van der Waals surface area contributed by atoms with Gasteiger partial charge in [-0.15, -0.1) is 0 Å². The molecule has 2 aromatic carbocycles. The fourth-order valence-electron chi connectivity index (χ4n) is 2.40. The molecule has 0 aromatic heterocycles. The van der Waals surface area contributed by atoms with Crippen LogP contribution in [0.2, 0.25) is 0 Å². The van der Waals surface area contributed by atoms with Crippen LogP contribution in [-0.4, -0.2) is 11.6 Å². The molecule has 0 N–H and O–H groups in total. The average Bonchev–Trinajstić information content (AvgIpc) is 2.43. The van der Waals surface area contributed by atoms with E-state index in [-0.39, 0.29) is 11.6 Å². The summed E-state index contributed by atoms with van der Waals surface area (Å²) in [4.78, 5) is 25.1. The zero-order valence-electron chi connectivity index (χ0n) is 9.94. The van der Waals surface area contributed by atoms with Gasteiger partial charge < -0.3 is 0 Å². The molecular weight excluding hydrogens is 304 g/mol. The number of hydrogen-bond acceptors (Lipinski definition) is 2. The second-order valence-corrected chi connectivity index (χ2v) is 5.15. The van der Waals surface area contributed by atoms with Crippen LogP contribution in [0.4, 0.5) is 0 Å². The van der Waals surface area contributed by atoms with Crippen molar-refractivity contribution < 1.29 is 9.59 Å². The lowest BCUT2D eigenvalue weighted by atomic mass is 9.82. The van der Waals surface area contributed by atoms with E-state index in [2.05, 4.69) is 22.5 Å². The molecule has 0 bridgehead atoms. The molecule has 0 fully saturated rings. The van der Waals surface area contributed by atoms with Gasteiger partial charge in [0.25, 0.3) is 0 Å². The molecule has 0 saturated heterocycles. The number of carbonyl (C=O) groups is 2. The number of benzene rings is 2. The first kappa shape index (κ1) is 12.1. The Morgan fingerprint density at radius 3 is 2.16 bits per heavy atom. The lowest BCUT2D eigenvalue weighted by Crippen LogP contribution is -2.22. The summed E-state index contributed by atoms with van der Waals surface area (Å²) in [5.41, 5.74) is 2.48. The topological polar surface area (TPSA) is 34.1 Å². The summed E-state index contributed by atoms with van der Waals surface area (Å²) < 4.78 is 0.651. The fourth-order valence-corrected chi connectivity index (χ4v) is 2.94. The van der Waals surface area contributed by atoms with Crippen molar-refractivity contribution in [2.24, 2.45) is 0 Å². The lowest BCUT2D eigenvalue weighted by Gasteiger charge is -2.19. The maximum Gasteiger partial charge on any atom is 0.195 e. The molecule has 0 amide bonds. The van der Waals surface area contributed by atoms with Crippen molar-refractivity contribution in [3.8, 4) is 0 Å². The van der Waals surface area contributed by atoms with E-state index in [0.717, 1.165) is 0 Å². The molecule has 0 radical (unpaired) electrons. The van der Waals surface area contributed by atoms with Crippen molar-refractivity contribution in [2.75, 3.05) is 0 Å². The Labute approximate surface area is 118 Å². The van der Waals surface area contributed by atoms with Gasteiger partial charge in [0.05, 0.1) is 0 Å². The largest absolute Gasteiger partial charge is 0.289 e. The third kappa shape index (κ3) is 1.62. The van der Waals surface area contributed by atoms with E-state index < -0.39 is 0 Å². The van der Waals surface area contributed by atoms with E-state index in [4.69, 9.17) is 0 Å². The molecule has 0 saturated carbocycles. The number of fused-ring (bicyclic) bond motifs is 2. The van der Waals surface area contributed by atoms with Crippen LogP contribution in [-0.2, 0) is 0 Å². The quantitative estimate of drug-likeness (QED) is 0.683. The summed E-state index contributed by atoms with van der Waals surface area (Å²) in [5.74, 6) is -0.248. The first-order valence-electron chi connectivity index (χ1n) is 5.78. The summed E-state index contributed by atoms with van der Waals surface area (Å²) in [6.07, 6.45) is 1.60. The van der Waals surface area contributed by atoms with Gasteiger partial charge in [0.2, 0.25) is 0 Å². The van der Waals surface area contributed by atoms with Crippen LogP contribution in [0, 0.1) is 0 Å². The summed E-state index contributed by atoms with van der Waals surface area (Å²) in [6.45, 7) is 3.70. The van der Waals surface area contributed by atoms with Gasteiger partial charge in [0, 0.05) is 26.7 Å². The second-order valence-electron chi connectivity index (χ2n) is 4.29. The normalized spacial score (nSPS) is 12.9. The molecule has 0 spiro atoms. The Morgan fingerprint density at radius 1 is 0.895 bits per heavy atom. The lowest BCUT2D eigenvalue weighted by molar-refractivity contribution is 0.0978. The minimum absolute atomic E-state index is 0.124. The van der Waals surface area contributed by atoms with E-state index in [1.54, 1.807) is 42.5 Å². The van der Waals surface area contributed by atoms with E-state index in [9.17, 15) is 9.59 Å². The number of carbonyl (C=O) groups excluding carboxylic acids is 2. The van der Waals surface area contributed by atoms with Crippen molar-refractivity contribution in [3.63, 3.8) is 0 Å². The molecule has 0 heterocycles. The van der Waals surface area contributed by atoms with E-state index in [1.807, 2.05) is 0 Å². The minimum Gasteiger partial charge on any atom is -0.289 e. The third-order valence-electron chi connectivity index (χ3n) is 3.27. The summed E-state index contributed by atoms with van der Waals surface area (Å²) >= 11 is 3.34. The van der Waals surface area contributed by atoms with Gasteiger partial charge in [0.15, 0.2) is 11.6 Å². The highest BCUT2D eigenvalue weighted by atomic mass is 79.9.